The Morgan fingerprint density at radius 3 is 3.05 bits per heavy atom. The molecule has 1 aliphatic rings. The number of nitrogens with one attached hydrogen (secondary N) is 2. The van der Waals surface area contributed by atoms with E-state index in [1.165, 1.54) is 11.3 Å². The molecule has 6 heteroatoms. The molecule has 1 aliphatic heterocycles. The van der Waals surface area contributed by atoms with E-state index in [-0.39, 0.29) is 11.4 Å². The molecule has 0 radical (unpaired) electrons. The van der Waals surface area contributed by atoms with Crippen molar-refractivity contribution in [2.45, 2.75) is 18.4 Å². The van der Waals surface area contributed by atoms with Crippen molar-refractivity contribution in [1.29, 1.82) is 0 Å². The molecule has 1 unspecified atom stereocenters. The number of ether oxygens (including phenoxy) is 2. The Hall–Kier alpha value is -1.11. The first kappa shape index (κ1) is 14.3. The second-order valence-corrected chi connectivity index (χ2v) is 5.66. The minimum atomic E-state index is -0.130. The largest absolute Gasteiger partial charge is 0.495 e. The maximum absolute atomic E-state index is 12.1. The van der Waals surface area contributed by atoms with E-state index in [9.17, 15) is 4.79 Å². The minimum Gasteiger partial charge on any atom is -0.495 e. The monoisotopic (exact) mass is 284 g/mol. The van der Waals surface area contributed by atoms with Crippen LogP contribution in [0.1, 0.15) is 22.5 Å². The lowest BCUT2D eigenvalue weighted by molar-refractivity contribution is 0.0893. The van der Waals surface area contributed by atoms with Crippen molar-refractivity contribution in [3.63, 3.8) is 0 Å². The lowest BCUT2D eigenvalue weighted by Crippen LogP contribution is -2.52. The van der Waals surface area contributed by atoms with Gasteiger partial charge in [-0.25, -0.2) is 0 Å². The van der Waals surface area contributed by atoms with Crippen LogP contribution in [0.2, 0.25) is 0 Å². The molecule has 0 saturated carbocycles. The molecule has 1 saturated heterocycles. The van der Waals surface area contributed by atoms with Crippen molar-refractivity contribution in [2.75, 3.05) is 33.9 Å². The Morgan fingerprint density at radius 1 is 1.58 bits per heavy atom. The van der Waals surface area contributed by atoms with Crippen molar-refractivity contribution in [2.24, 2.45) is 0 Å². The van der Waals surface area contributed by atoms with Gasteiger partial charge in [-0.3, -0.25) is 4.79 Å². The summed E-state index contributed by atoms with van der Waals surface area (Å²) in [5.41, 5.74) is -0.130. The average molecular weight is 284 g/mol. The minimum absolute atomic E-state index is 0.0870. The second-order valence-electron chi connectivity index (χ2n) is 4.74. The van der Waals surface area contributed by atoms with Gasteiger partial charge >= 0.3 is 0 Å². The smallest absolute Gasteiger partial charge is 0.265 e. The number of amides is 1. The van der Waals surface area contributed by atoms with Crippen LogP contribution in [0.15, 0.2) is 11.4 Å². The molecule has 19 heavy (non-hydrogen) atoms. The summed E-state index contributed by atoms with van der Waals surface area (Å²) < 4.78 is 10.4. The predicted octanol–water partition coefficient (Wildman–Crippen LogP) is 1.26. The van der Waals surface area contributed by atoms with E-state index >= 15 is 0 Å². The molecule has 0 aliphatic carbocycles. The van der Waals surface area contributed by atoms with Gasteiger partial charge < -0.3 is 20.1 Å². The van der Waals surface area contributed by atoms with Gasteiger partial charge in [0.15, 0.2) is 0 Å². The second kappa shape index (κ2) is 6.36. The summed E-state index contributed by atoms with van der Waals surface area (Å²) in [6.07, 6.45) is 2.13. The number of methoxy groups -OCH3 is 2. The van der Waals surface area contributed by atoms with E-state index in [2.05, 4.69) is 10.6 Å². The van der Waals surface area contributed by atoms with Crippen LogP contribution >= 0.6 is 11.3 Å². The third kappa shape index (κ3) is 3.26. The molecule has 0 aromatic carbocycles. The molecule has 0 spiro atoms. The van der Waals surface area contributed by atoms with Gasteiger partial charge in [0.1, 0.15) is 10.6 Å². The highest BCUT2D eigenvalue weighted by atomic mass is 32.1. The van der Waals surface area contributed by atoms with Gasteiger partial charge in [0.25, 0.3) is 5.91 Å². The van der Waals surface area contributed by atoms with Crippen LogP contribution in [0, 0.1) is 0 Å². The number of hydrogen-bond donors (Lipinski definition) is 2. The summed E-state index contributed by atoms with van der Waals surface area (Å²) in [7, 11) is 3.26. The van der Waals surface area contributed by atoms with Crippen LogP contribution in [0.5, 0.6) is 5.75 Å². The normalized spacial score (nSPS) is 22.4. The van der Waals surface area contributed by atoms with Crippen molar-refractivity contribution in [1.82, 2.24) is 10.6 Å². The van der Waals surface area contributed by atoms with Crippen molar-refractivity contribution >= 4 is 17.2 Å². The van der Waals surface area contributed by atoms with Gasteiger partial charge in [-0.1, -0.05) is 0 Å². The van der Waals surface area contributed by atoms with Gasteiger partial charge in [-0.05, 0) is 30.8 Å². The zero-order valence-corrected chi connectivity index (χ0v) is 12.1. The first-order valence-corrected chi connectivity index (χ1v) is 7.22. The van der Waals surface area contributed by atoms with Crippen LogP contribution in [-0.4, -0.2) is 45.4 Å². The van der Waals surface area contributed by atoms with Crippen LogP contribution in [0.25, 0.3) is 0 Å². The summed E-state index contributed by atoms with van der Waals surface area (Å²) in [6, 6.07) is 1.80. The highest BCUT2D eigenvalue weighted by Gasteiger charge is 2.34. The van der Waals surface area contributed by atoms with Crippen molar-refractivity contribution < 1.29 is 14.3 Å². The Bertz CT molecular complexity index is 427. The standard InChI is InChI=1S/C13H20N2O3S/c1-17-9-13(5-3-6-15-13)8-14-12(16)11-10(18-2)4-7-19-11/h4,7,15H,3,5-6,8-9H2,1-2H3,(H,14,16). The van der Waals surface area contributed by atoms with E-state index in [1.807, 2.05) is 5.38 Å². The molecule has 2 heterocycles. The molecule has 106 valence electrons. The Kier molecular flexibility index (Phi) is 4.79. The zero-order chi connectivity index (χ0) is 13.7. The molecular weight excluding hydrogens is 264 g/mol. The number of carbonyl (C=O) groups is 1. The summed E-state index contributed by atoms with van der Waals surface area (Å²) in [5.74, 6) is 0.540. The van der Waals surface area contributed by atoms with Crippen LogP contribution < -0.4 is 15.4 Å². The van der Waals surface area contributed by atoms with Gasteiger partial charge in [0.2, 0.25) is 0 Å². The van der Waals surface area contributed by atoms with Gasteiger partial charge in [0, 0.05) is 13.7 Å². The Labute approximate surface area is 117 Å². The Balaban J connectivity index is 1.95. The number of carbonyl (C=O) groups excluding carboxylic acids is 1. The number of rotatable bonds is 6. The van der Waals surface area contributed by atoms with Gasteiger partial charge in [-0.15, -0.1) is 11.3 Å². The fraction of sp³-hybridized carbons (Fsp3) is 0.615. The maximum atomic E-state index is 12.1. The van der Waals surface area contributed by atoms with E-state index in [1.54, 1.807) is 20.3 Å². The fourth-order valence-corrected chi connectivity index (χ4v) is 3.20. The molecule has 1 aromatic rings. The van der Waals surface area contributed by atoms with Gasteiger partial charge in [0.05, 0.1) is 19.3 Å². The quantitative estimate of drug-likeness (QED) is 0.825. The molecule has 5 nitrogen and oxygen atoms in total. The lowest BCUT2D eigenvalue weighted by Gasteiger charge is -2.28. The van der Waals surface area contributed by atoms with E-state index in [0.717, 1.165) is 19.4 Å². The first-order valence-electron chi connectivity index (χ1n) is 6.34. The molecule has 2 rings (SSSR count). The SMILES string of the molecule is COCC1(CNC(=O)c2sccc2OC)CCCN1. The van der Waals surface area contributed by atoms with E-state index in [4.69, 9.17) is 9.47 Å². The van der Waals surface area contributed by atoms with E-state index in [0.29, 0.717) is 23.8 Å². The molecule has 1 atom stereocenters. The van der Waals surface area contributed by atoms with Crippen molar-refractivity contribution in [3.05, 3.63) is 16.3 Å². The van der Waals surface area contributed by atoms with E-state index < -0.39 is 0 Å². The Morgan fingerprint density at radius 2 is 2.42 bits per heavy atom. The molecular formula is C13H20N2O3S. The fourth-order valence-electron chi connectivity index (χ4n) is 2.42. The predicted molar refractivity (Wildman–Crippen MR) is 75.0 cm³/mol. The highest BCUT2D eigenvalue weighted by molar-refractivity contribution is 7.12. The highest BCUT2D eigenvalue weighted by Crippen LogP contribution is 2.25. The topological polar surface area (TPSA) is 59.6 Å². The third-order valence-electron chi connectivity index (χ3n) is 3.40. The maximum Gasteiger partial charge on any atom is 0.265 e. The summed E-state index contributed by atoms with van der Waals surface area (Å²) >= 11 is 1.39. The van der Waals surface area contributed by atoms with Crippen LogP contribution in [-0.2, 0) is 4.74 Å². The third-order valence-corrected chi connectivity index (χ3v) is 4.29. The first-order chi connectivity index (χ1) is 9.21. The van der Waals surface area contributed by atoms with Crippen LogP contribution in [0.3, 0.4) is 0 Å². The average Bonchev–Trinajstić information content (AvgIpc) is 3.05. The number of thiophene rings is 1. The molecule has 1 amide bonds. The summed E-state index contributed by atoms with van der Waals surface area (Å²) in [6.45, 7) is 2.15. The van der Waals surface area contributed by atoms with Crippen LogP contribution in [0.4, 0.5) is 0 Å². The molecule has 2 N–H and O–H groups in total. The zero-order valence-electron chi connectivity index (χ0n) is 11.3. The number of hydrogen-bond acceptors (Lipinski definition) is 5. The van der Waals surface area contributed by atoms with Gasteiger partial charge in [-0.2, -0.15) is 0 Å². The molecule has 1 aromatic heterocycles. The molecule has 1 fully saturated rings. The van der Waals surface area contributed by atoms with Crippen molar-refractivity contribution in [3.8, 4) is 5.75 Å². The lowest BCUT2D eigenvalue weighted by atomic mass is 9.98. The summed E-state index contributed by atoms with van der Waals surface area (Å²) in [5, 5.41) is 8.26. The summed E-state index contributed by atoms with van der Waals surface area (Å²) in [4.78, 5) is 12.8. The molecule has 0 bridgehead atoms.